The molecule has 6 heteroatoms. The maximum absolute atomic E-state index is 13.0. The van der Waals surface area contributed by atoms with Gasteiger partial charge in [-0.05, 0) is 18.8 Å². The maximum Gasteiger partial charge on any atom is 0.257 e. The molecule has 1 unspecified atom stereocenters. The average molecular weight is 333 g/mol. The molecule has 2 fully saturated rings. The van der Waals surface area contributed by atoms with E-state index in [9.17, 15) is 4.79 Å². The highest BCUT2D eigenvalue weighted by molar-refractivity contribution is 5.95. The molecule has 2 aliphatic rings. The van der Waals surface area contributed by atoms with Crippen molar-refractivity contribution in [3.63, 3.8) is 0 Å². The third kappa shape index (κ3) is 3.64. The van der Waals surface area contributed by atoms with Gasteiger partial charge in [0.25, 0.3) is 5.91 Å². The number of aromatic nitrogens is 2. The Morgan fingerprint density at radius 2 is 2.08 bits per heavy atom. The van der Waals surface area contributed by atoms with Gasteiger partial charge in [0, 0.05) is 51.9 Å². The lowest BCUT2D eigenvalue weighted by molar-refractivity contribution is 0.0772. The fourth-order valence-electron chi connectivity index (χ4n) is 3.91. The Labute approximate surface area is 145 Å². The minimum Gasteiger partial charge on any atom is -0.337 e. The Balaban J connectivity index is 1.67. The smallest absolute Gasteiger partial charge is 0.257 e. The van der Waals surface area contributed by atoms with Crippen molar-refractivity contribution in [2.75, 3.05) is 39.3 Å². The molecule has 3 heterocycles. The molecule has 0 spiro atoms. The Morgan fingerprint density at radius 1 is 1.33 bits per heavy atom. The number of hydrogen-bond donors (Lipinski definition) is 1. The molecule has 6 nitrogen and oxygen atoms in total. The first-order valence-electron chi connectivity index (χ1n) is 9.38. The molecule has 0 aromatic carbocycles. The second-order valence-corrected chi connectivity index (χ2v) is 7.41. The van der Waals surface area contributed by atoms with Crippen LogP contribution in [0, 0.1) is 5.92 Å². The van der Waals surface area contributed by atoms with E-state index in [2.05, 4.69) is 36.1 Å². The van der Waals surface area contributed by atoms with E-state index in [1.165, 1.54) is 0 Å². The third-order valence-corrected chi connectivity index (χ3v) is 5.17. The summed E-state index contributed by atoms with van der Waals surface area (Å²) in [5.74, 6) is 0.696. The van der Waals surface area contributed by atoms with E-state index in [1.807, 2.05) is 9.58 Å². The first-order valence-corrected chi connectivity index (χ1v) is 9.38. The zero-order chi connectivity index (χ0) is 17.1. The van der Waals surface area contributed by atoms with Crippen molar-refractivity contribution in [3.8, 4) is 0 Å². The van der Waals surface area contributed by atoms with Crippen LogP contribution >= 0.6 is 0 Å². The van der Waals surface area contributed by atoms with Crippen molar-refractivity contribution >= 4 is 5.91 Å². The van der Waals surface area contributed by atoms with Gasteiger partial charge >= 0.3 is 0 Å². The fourth-order valence-corrected chi connectivity index (χ4v) is 3.91. The molecule has 1 N–H and O–H groups in total. The van der Waals surface area contributed by atoms with Gasteiger partial charge in [0.2, 0.25) is 0 Å². The molecule has 134 valence electrons. The Bertz CT molecular complexity index is 562. The van der Waals surface area contributed by atoms with Gasteiger partial charge in [-0.15, -0.1) is 0 Å². The summed E-state index contributed by atoms with van der Waals surface area (Å²) in [5.41, 5.74) is 1.89. The van der Waals surface area contributed by atoms with E-state index >= 15 is 0 Å². The number of rotatable bonds is 5. The highest BCUT2D eigenvalue weighted by Crippen LogP contribution is 2.21. The van der Waals surface area contributed by atoms with Crippen molar-refractivity contribution in [2.45, 2.75) is 46.2 Å². The standard InChI is InChI=1S/C18H31N5O/c1-4-17-16(11-20-23(17)12-14(2)3)18(24)22-8-5-15(13-22)21-9-6-19-7-10-21/h11,14-15,19H,4-10,12-13H2,1-3H3. The lowest BCUT2D eigenvalue weighted by atomic mass is 10.1. The highest BCUT2D eigenvalue weighted by Gasteiger charge is 2.32. The molecule has 0 bridgehead atoms. The summed E-state index contributed by atoms with van der Waals surface area (Å²) in [5, 5.41) is 7.88. The van der Waals surface area contributed by atoms with Gasteiger partial charge in [-0.1, -0.05) is 20.8 Å². The summed E-state index contributed by atoms with van der Waals surface area (Å²) in [6.45, 7) is 13.4. The van der Waals surface area contributed by atoms with Crippen LogP contribution in [0.25, 0.3) is 0 Å². The minimum absolute atomic E-state index is 0.166. The zero-order valence-electron chi connectivity index (χ0n) is 15.3. The van der Waals surface area contributed by atoms with Crippen molar-refractivity contribution in [2.24, 2.45) is 5.92 Å². The van der Waals surface area contributed by atoms with E-state index in [4.69, 9.17) is 0 Å². The molecule has 3 rings (SSSR count). The molecule has 0 saturated carbocycles. The van der Waals surface area contributed by atoms with Gasteiger partial charge in [0.15, 0.2) is 0 Å². The first kappa shape index (κ1) is 17.4. The van der Waals surface area contributed by atoms with Crippen molar-refractivity contribution in [1.29, 1.82) is 0 Å². The minimum atomic E-state index is 0.166. The van der Waals surface area contributed by atoms with Crippen LogP contribution < -0.4 is 5.32 Å². The maximum atomic E-state index is 13.0. The largest absolute Gasteiger partial charge is 0.337 e. The predicted molar refractivity (Wildman–Crippen MR) is 95.2 cm³/mol. The van der Waals surface area contributed by atoms with Crippen LogP contribution in [0.5, 0.6) is 0 Å². The summed E-state index contributed by atoms with van der Waals surface area (Å²) in [7, 11) is 0. The molecule has 24 heavy (non-hydrogen) atoms. The first-order chi connectivity index (χ1) is 11.6. The van der Waals surface area contributed by atoms with Crippen molar-refractivity contribution in [1.82, 2.24) is 24.9 Å². The van der Waals surface area contributed by atoms with Gasteiger partial charge < -0.3 is 10.2 Å². The molecule has 2 saturated heterocycles. The number of nitrogens with one attached hydrogen (secondary N) is 1. The lowest BCUT2D eigenvalue weighted by Gasteiger charge is -2.32. The third-order valence-electron chi connectivity index (χ3n) is 5.17. The van der Waals surface area contributed by atoms with Crippen LogP contribution in [-0.4, -0.2) is 70.8 Å². The van der Waals surface area contributed by atoms with Crippen LogP contribution in [-0.2, 0) is 13.0 Å². The Hall–Kier alpha value is -1.40. The van der Waals surface area contributed by atoms with Crippen LogP contribution in [0.15, 0.2) is 6.20 Å². The van der Waals surface area contributed by atoms with Gasteiger partial charge in [-0.25, -0.2) is 0 Å². The second kappa shape index (κ2) is 7.66. The Kier molecular flexibility index (Phi) is 5.56. The zero-order valence-corrected chi connectivity index (χ0v) is 15.3. The number of likely N-dealkylation sites (tertiary alicyclic amines) is 1. The highest BCUT2D eigenvalue weighted by atomic mass is 16.2. The molecule has 1 atom stereocenters. The van der Waals surface area contributed by atoms with E-state index in [1.54, 1.807) is 6.20 Å². The van der Waals surface area contributed by atoms with Crippen LogP contribution in [0.3, 0.4) is 0 Å². The number of carbonyl (C=O) groups excluding carboxylic acids is 1. The van der Waals surface area contributed by atoms with E-state index in [-0.39, 0.29) is 5.91 Å². The normalized spacial score (nSPS) is 22.5. The number of piperazine rings is 1. The molecule has 2 aliphatic heterocycles. The van der Waals surface area contributed by atoms with E-state index in [0.717, 1.165) is 69.9 Å². The van der Waals surface area contributed by atoms with Gasteiger partial charge in [0.05, 0.1) is 17.5 Å². The van der Waals surface area contributed by atoms with Crippen LogP contribution in [0.2, 0.25) is 0 Å². The molecule has 0 radical (unpaired) electrons. The quantitative estimate of drug-likeness (QED) is 0.880. The monoisotopic (exact) mass is 333 g/mol. The molecule has 1 aromatic heterocycles. The molecule has 1 amide bonds. The fraction of sp³-hybridized carbons (Fsp3) is 0.778. The Morgan fingerprint density at radius 3 is 2.75 bits per heavy atom. The molecule has 0 aliphatic carbocycles. The average Bonchev–Trinajstić information content (AvgIpc) is 3.21. The summed E-state index contributed by atoms with van der Waals surface area (Å²) >= 11 is 0. The summed E-state index contributed by atoms with van der Waals surface area (Å²) in [4.78, 5) is 17.6. The molecular weight excluding hydrogens is 302 g/mol. The van der Waals surface area contributed by atoms with Crippen LogP contribution in [0.4, 0.5) is 0 Å². The van der Waals surface area contributed by atoms with Gasteiger partial charge in [0.1, 0.15) is 0 Å². The number of carbonyl (C=O) groups is 1. The number of amides is 1. The summed E-state index contributed by atoms with van der Waals surface area (Å²) < 4.78 is 2.02. The topological polar surface area (TPSA) is 53.4 Å². The number of nitrogens with zero attached hydrogens (tertiary/aromatic N) is 4. The summed E-state index contributed by atoms with van der Waals surface area (Å²) in [6, 6.07) is 0.520. The number of hydrogen-bond acceptors (Lipinski definition) is 4. The lowest BCUT2D eigenvalue weighted by Crippen LogP contribution is -2.49. The van der Waals surface area contributed by atoms with E-state index in [0.29, 0.717) is 12.0 Å². The second-order valence-electron chi connectivity index (χ2n) is 7.41. The van der Waals surface area contributed by atoms with Crippen molar-refractivity contribution in [3.05, 3.63) is 17.5 Å². The van der Waals surface area contributed by atoms with Crippen LogP contribution in [0.1, 0.15) is 43.2 Å². The summed E-state index contributed by atoms with van der Waals surface area (Å²) in [6.07, 6.45) is 3.72. The van der Waals surface area contributed by atoms with Gasteiger partial charge in [-0.2, -0.15) is 5.10 Å². The molecular formula is C18H31N5O. The predicted octanol–water partition coefficient (Wildman–Crippen LogP) is 1.22. The van der Waals surface area contributed by atoms with E-state index < -0.39 is 0 Å². The van der Waals surface area contributed by atoms with Gasteiger partial charge in [-0.3, -0.25) is 14.4 Å². The SMILES string of the molecule is CCc1c(C(=O)N2CCC(N3CCNCC3)C2)cnn1CC(C)C. The molecule has 1 aromatic rings. The van der Waals surface area contributed by atoms with Crippen molar-refractivity contribution < 1.29 is 4.79 Å².